The molecule has 6 nitrogen and oxygen atoms in total. The first kappa shape index (κ1) is 13.5. The lowest BCUT2D eigenvalue weighted by molar-refractivity contribution is -0.133. The third kappa shape index (κ3) is 2.12. The van der Waals surface area contributed by atoms with Gasteiger partial charge in [0.2, 0.25) is 5.91 Å². The van der Waals surface area contributed by atoms with Crippen molar-refractivity contribution in [3.8, 4) is 0 Å². The number of H-pyrrole nitrogens is 1. The minimum atomic E-state index is -0.856. The molecule has 6 heteroatoms. The number of hydrogen-bond acceptors (Lipinski definition) is 3. The molecule has 1 aromatic carbocycles. The van der Waals surface area contributed by atoms with Crippen LogP contribution in [0.4, 0.5) is 5.69 Å². The summed E-state index contributed by atoms with van der Waals surface area (Å²) in [4.78, 5) is 29.3. The Bertz CT molecular complexity index is 732. The number of fused-ring (bicyclic) bond motifs is 1. The van der Waals surface area contributed by atoms with Gasteiger partial charge in [0.25, 0.3) is 5.91 Å². The molecule has 4 N–H and O–H groups in total. The van der Waals surface area contributed by atoms with Crippen molar-refractivity contribution < 1.29 is 9.59 Å². The summed E-state index contributed by atoms with van der Waals surface area (Å²) in [6, 6.07) is 7.22. The van der Waals surface area contributed by atoms with Crippen LogP contribution in [0.25, 0.3) is 10.9 Å². The highest BCUT2D eigenvalue weighted by Gasteiger charge is 2.41. The molecule has 21 heavy (non-hydrogen) atoms. The molecule has 0 spiro atoms. The van der Waals surface area contributed by atoms with Gasteiger partial charge in [-0.15, -0.1) is 0 Å². The number of nitrogens with one attached hydrogen (secondary N) is 2. The molecule has 0 saturated carbocycles. The zero-order valence-corrected chi connectivity index (χ0v) is 12.1. The summed E-state index contributed by atoms with van der Waals surface area (Å²) in [6.07, 6.45) is 0. The second-order valence-electron chi connectivity index (χ2n) is 5.80. The fourth-order valence-electron chi connectivity index (χ4n) is 2.67. The third-order valence-corrected chi connectivity index (χ3v) is 3.97. The van der Waals surface area contributed by atoms with E-state index in [0.29, 0.717) is 24.5 Å². The number of hydrogen-bond donors (Lipinski definition) is 3. The van der Waals surface area contributed by atoms with Gasteiger partial charge in [0, 0.05) is 29.7 Å². The van der Waals surface area contributed by atoms with Gasteiger partial charge >= 0.3 is 0 Å². The van der Waals surface area contributed by atoms with Crippen LogP contribution < -0.4 is 11.1 Å². The van der Waals surface area contributed by atoms with E-state index in [-0.39, 0.29) is 11.8 Å². The highest BCUT2D eigenvalue weighted by atomic mass is 16.2. The zero-order valence-electron chi connectivity index (χ0n) is 12.1. The topological polar surface area (TPSA) is 91.2 Å². The summed E-state index contributed by atoms with van der Waals surface area (Å²) in [5.41, 5.74) is 6.87. The Hall–Kier alpha value is -2.50. The van der Waals surface area contributed by atoms with Crippen LogP contribution in [0.15, 0.2) is 24.3 Å². The summed E-state index contributed by atoms with van der Waals surface area (Å²) < 4.78 is 0. The SMILES string of the molecule is CC1(C)C(=O)NCCN1C(=O)c1cc2cc(N)ccc2[nH]1. The summed E-state index contributed by atoms with van der Waals surface area (Å²) in [7, 11) is 0. The predicted molar refractivity (Wildman–Crippen MR) is 80.8 cm³/mol. The molecule has 2 aromatic rings. The van der Waals surface area contributed by atoms with E-state index in [9.17, 15) is 9.59 Å². The Balaban J connectivity index is 1.98. The van der Waals surface area contributed by atoms with Crippen LogP contribution in [0, 0.1) is 0 Å². The number of anilines is 1. The van der Waals surface area contributed by atoms with Crippen molar-refractivity contribution in [1.29, 1.82) is 0 Å². The predicted octanol–water partition coefficient (Wildman–Crippen LogP) is 1.10. The maximum Gasteiger partial charge on any atom is 0.271 e. The molecule has 2 amide bonds. The Morgan fingerprint density at radius 2 is 2.10 bits per heavy atom. The summed E-state index contributed by atoms with van der Waals surface area (Å²) in [5, 5.41) is 3.67. The molecule has 2 heterocycles. The number of nitrogens with zero attached hydrogens (tertiary/aromatic N) is 1. The van der Waals surface area contributed by atoms with E-state index >= 15 is 0 Å². The summed E-state index contributed by atoms with van der Waals surface area (Å²) in [5.74, 6) is -0.313. The highest BCUT2D eigenvalue weighted by molar-refractivity contribution is 6.02. The lowest BCUT2D eigenvalue weighted by Gasteiger charge is -2.40. The van der Waals surface area contributed by atoms with E-state index < -0.39 is 5.54 Å². The van der Waals surface area contributed by atoms with Crippen LogP contribution in [0.5, 0.6) is 0 Å². The number of aromatic nitrogens is 1. The molecule has 110 valence electrons. The van der Waals surface area contributed by atoms with E-state index in [1.807, 2.05) is 12.1 Å². The van der Waals surface area contributed by atoms with Crippen molar-refractivity contribution in [1.82, 2.24) is 15.2 Å². The molecule has 0 atom stereocenters. The van der Waals surface area contributed by atoms with E-state index in [2.05, 4.69) is 10.3 Å². The maximum atomic E-state index is 12.7. The number of carbonyl (C=O) groups excluding carboxylic acids is 2. The molecule has 1 aliphatic heterocycles. The van der Waals surface area contributed by atoms with Gasteiger partial charge in [0.05, 0.1) is 0 Å². The first-order valence-electron chi connectivity index (χ1n) is 6.88. The lowest BCUT2D eigenvalue weighted by Crippen LogP contribution is -2.63. The first-order chi connectivity index (χ1) is 9.89. The van der Waals surface area contributed by atoms with Crippen molar-refractivity contribution >= 4 is 28.4 Å². The second-order valence-corrected chi connectivity index (χ2v) is 5.80. The van der Waals surface area contributed by atoms with Crippen molar-refractivity contribution in [2.45, 2.75) is 19.4 Å². The fraction of sp³-hybridized carbons (Fsp3) is 0.333. The van der Waals surface area contributed by atoms with Gasteiger partial charge < -0.3 is 20.9 Å². The van der Waals surface area contributed by atoms with Crippen molar-refractivity contribution in [2.24, 2.45) is 0 Å². The minimum absolute atomic E-state index is 0.137. The quantitative estimate of drug-likeness (QED) is 0.686. The van der Waals surface area contributed by atoms with Gasteiger partial charge in [-0.25, -0.2) is 0 Å². The maximum absolute atomic E-state index is 12.7. The van der Waals surface area contributed by atoms with Gasteiger partial charge in [0.1, 0.15) is 11.2 Å². The summed E-state index contributed by atoms with van der Waals surface area (Å²) in [6.45, 7) is 4.47. The van der Waals surface area contributed by atoms with Crippen molar-refractivity contribution in [3.63, 3.8) is 0 Å². The molecule has 0 unspecified atom stereocenters. The molecule has 3 rings (SSSR count). The lowest BCUT2D eigenvalue weighted by atomic mass is 9.98. The van der Waals surface area contributed by atoms with Crippen molar-refractivity contribution in [2.75, 3.05) is 18.8 Å². The average Bonchev–Trinajstić information content (AvgIpc) is 2.84. The first-order valence-corrected chi connectivity index (χ1v) is 6.88. The van der Waals surface area contributed by atoms with Gasteiger partial charge in [-0.1, -0.05) is 0 Å². The van der Waals surface area contributed by atoms with Crippen LogP contribution in [0.1, 0.15) is 24.3 Å². The molecule has 1 fully saturated rings. The van der Waals surface area contributed by atoms with Crippen molar-refractivity contribution in [3.05, 3.63) is 30.0 Å². The van der Waals surface area contributed by atoms with Crippen LogP contribution in [0.2, 0.25) is 0 Å². The normalized spacial score (nSPS) is 17.8. The van der Waals surface area contributed by atoms with Crippen LogP contribution in [-0.2, 0) is 4.79 Å². The molecule has 0 radical (unpaired) electrons. The van der Waals surface area contributed by atoms with E-state index in [0.717, 1.165) is 10.9 Å². The van der Waals surface area contributed by atoms with Crippen LogP contribution in [-0.4, -0.2) is 40.3 Å². The Morgan fingerprint density at radius 3 is 2.86 bits per heavy atom. The Morgan fingerprint density at radius 1 is 1.33 bits per heavy atom. The second kappa shape index (κ2) is 4.51. The number of nitrogens with two attached hydrogens (primary N) is 1. The number of nitrogen functional groups attached to an aromatic ring is 1. The Labute approximate surface area is 122 Å². The van der Waals surface area contributed by atoms with Gasteiger partial charge in [-0.2, -0.15) is 0 Å². The zero-order chi connectivity index (χ0) is 15.2. The average molecular weight is 286 g/mol. The Kier molecular flexibility index (Phi) is 2.90. The van der Waals surface area contributed by atoms with Gasteiger partial charge in [-0.3, -0.25) is 9.59 Å². The molecule has 0 bridgehead atoms. The largest absolute Gasteiger partial charge is 0.399 e. The van der Waals surface area contributed by atoms with E-state index in [1.165, 1.54) is 0 Å². The molecular weight excluding hydrogens is 268 g/mol. The van der Waals surface area contributed by atoms with Crippen LogP contribution >= 0.6 is 0 Å². The molecule has 1 aromatic heterocycles. The smallest absolute Gasteiger partial charge is 0.271 e. The number of benzene rings is 1. The van der Waals surface area contributed by atoms with Crippen LogP contribution in [0.3, 0.4) is 0 Å². The monoisotopic (exact) mass is 286 g/mol. The van der Waals surface area contributed by atoms with Gasteiger partial charge in [0.15, 0.2) is 0 Å². The summed E-state index contributed by atoms with van der Waals surface area (Å²) >= 11 is 0. The number of carbonyl (C=O) groups is 2. The molecule has 1 aliphatic rings. The van der Waals surface area contributed by atoms with E-state index in [4.69, 9.17) is 5.73 Å². The number of amides is 2. The minimum Gasteiger partial charge on any atom is -0.399 e. The molecular formula is C15H18N4O2. The molecule has 1 saturated heterocycles. The highest BCUT2D eigenvalue weighted by Crippen LogP contribution is 2.23. The standard InChI is InChI=1S/C15H18N4O2/c1-15(2)14(21)17-5-6-19(15)13(20)12-8-9-7-10(16)3-4-11(9)18-12/h3-4,7-8,18H,5-6,16H2,1-2H3,(H,17,21). The fourth-order valence-corrected chi connectivity index (χ4v) is 2.67. The third-order valence-electron chi connectivity index (χ3n) is 3.97. The van der Waals surface area contributed by atoms with Gasteiger partial charge in [-0.05, 0) is 38.1 Å². The number of aromatic amines is 1. The molecule has 0 aliphatic carbocycles. The number of rotatable bonds is 1. The van der Waals surface area contributed by atoms with E-state index in [1.54, 1.807) is 30.9 Å². The number of piperazine rings is 1.